The lowest BCUT2D eigenvalue weighted by atomic mass is 9.95. The molecule has 6 heteroatoms. The molecule has 1 aliphatic rings. The van der Waals surface area contributed by atoms with Gasteiger partial charge in [0, 0.05) is 22.7 Å². The summed E-state index contributed by atoms with van der Waals surface area (Å²) in [6, 6.07) is 20.5. The Balaban J connectivity index is 1.41. The van der Waals surface area contributed by atoms with Crippen molar-refractivity contribution >= 4 is 11.7 Å². The monoisotopic (exact) mass is 459 g/mol. The minimum atomic E-state index is -0.0707. The first kappa shape index (κ1) is 23.7. The second kappa shape index (κ2) is 11.1. The third-order valence-corrected chi connectivity index (χ3v) is 5.72. The van der Waals surface area contributed by atoms with E-state index in [0.29, 0.717) is 41.7 Å². The molecule has 1 fully saturated rings. The number of ether oxygens (including phenoxy) is 2. The molecule has 6 nitrogen and oxygen atoms in total. The summed E-state index contributed by atoms with van der Waals surface area (Å²) in [5.74, 6) is 0.542. The van der Waals surface area contributed by atoms with E-state index in [0.717, 1.165) is 29.5 Å². The lowest BCUT2D eigenvalue weighted by Gasteiger charge is -2.11. The van der Waals surface area contributed by atoms with Gasteiger partial charge < -0.3 is 19.9 Å². The quantitative estimate of drug-likeness (QED) is 0.332. The Morgan fingerprint density at radius 1 is 0.882 bits per heavy atom. The molecule has 3 aromatic rings. The van der Waals surface area contributed by atoms with Crippen molar-refractivity contribution < 1.29 is 24.2 Å². The fourth-order valence-corrected chi connectivity index (χ4v) is 3.63. The van der Waals surface area contributed by atoms with Gasteiger partial charge in [-0.25, -0.2) is 0 Å². The Morgan fingerprint density at radius 3 is 2.18 bits per heavy atom. The maximum Gasteiger partial charge on any atom is 0.251 e. The van der Waals surface area contributed by atoms with Gasteiger partial charge in [0.05, 0.1) is 19.8 Å². The summed E-state index contributed by atoms with van der Waals surface area (Å²) in [5.41, 5.74) is 4.82. The number of rotatable bonds is 11. The zero-order chi connectivity index (χ0) is 23.9. The molecule has 0 bridgehead atoms. The number of ketones is 1. The van der Waals surface area contributed by atoms with Gasteiger partial charge in [0.1, 0.15) is 12.4 Å². The predicted molar refractivity (Wildman–Crippen MR) is 130 cm³/mol. The van der Waals surface area contributed by atoms with E-state index in [1.165, 1.54) is 0 Å². The number of aliphatic hydroxyl groups excluding tert-OH is 1. The number of aliphatic hydroxyl groups is 1. The number of carbonyl (C=O) groups excluding carboxylic acids is 2. The lowest BCUT2D eigenvalue weighted by molar-refractivity contribution is 0.0705. The number of hydrogen-bond donors (Lipinski definition) is 2. The van der Waals surface area contributed by atoms with Crippen LogP contribution in [-0.4, -0.2) is 49.3 Å². The van der Waals surface area contributed by atoms with E-state index in [1.54, 1.807) is 24.3 Å². The van der Waals surface area contributed by atoms with Gasteiger partial charge in [0.2, 0.25) is 0 Å². The first-order valence-corrected chi connectivity index (χ1v) is 11.5. The molecular weight excluding hydrogens is 430 g/mol. The Kier molecular flexibility index (Phi) is 7.72. The number of benzene rings is 3. The number of hydrogen-bond acceptors (Lipinski definition) is 5. The molecule has 2 N–H and O–H groups in total. The molecule has 176 valence electrons. The van der Waals surface area contributed by atoms with Crippen LogP contribution >= 0.6 is 0 Å². The van der Waals surface area contributed by atoms with Gasteiger partial charge in [-0.1, -0.05) is 30.3 Å². The average Bonchev–Trinajstić information content (AvgIpc) is 3.68. The number of nitrogens with one attached hydrogen (secondary N) is 1. The first-order valence-electron chi connectivity index (χ1n) is 11.5. The molecule has 3 aromatic carbocycles. The van der Waals surface area contributed by atoms with Crippen molar-refractivity contribution in [3.8, 4) is 16.9 Å². The van der Waals surface area contributed by atoms with Gasteiger partial charge in [-0.15, -0.1) is 0 Å². The van der Waals surface area contributed by atoms with Crippen LogP contribution in [0.5, 0.6) is 5.75 Å². The Hall–Kier alpha value is -3.48. The summed E-state index contributed by atoms with van der Waals surface area (Å²) < 4.78 is 10.7. The number of carbonyl (C=O) groups is 2. The molecule has 0 spiro atoms. The highest BCUT2D eigenvalue weighted by Crippen LogP contribution is 2.27. The molecule has 0 radical (unpaired) electrons. The predicted octanol–water partition coefficient (Wildman–Crippen LogP) is 4.17. The summed E-state index contributed by atoms with van der Waals surface area (Å²) in [4.78, 5) is 25.4. The van der Waals surface area contributed by atoms with Gasteiger partial charge in [-0.3, -0.25) is 9.59 Å². The third kappa shape index (κ3) is 6.10. The van der Waals surface area contributed by atoms with Crippen LogP contribution in [0.2, 0.25) is 0 Å². The lowest BCUT2D eigenvalue weighted by Crippen LogP contribution is -2.25. The molecule has 0 unspecified atom stereocenters. The van der Waals surface area contributed by atoms with E-state index in [1.807, 2.05) is 49.4 Å². The Bertz CT molecular complexity index is 1130. The Labute approximate surface area is 199 Å². The zero-order valence-electron chi connectivity index (χ0n) is 19.3. The smallest absolute Gasteiger partial charge is 0.251 e. The van der Waals surface area contributed by atoms with E-state index >= 15 is 0 Å². The van der Waals surface area contributed by atoms with Crippen LogP contribution < -0.4 is 10.1 Å². The minimum Gasteiger partial charge on any atom is -0.491 e. The topological polar surface area (TPSA) is 84.9 Å². The van der Waals surface area contributed by atoms with Crippen molar-refractivity contribution in [2.75, 3.05) is 26.4 Å². The first-order chi connectivity index (χ1) is 16.5. The highest BCUT2D eigenvalue weighted by Gasteiger charge is 2.24. The summed E-state index contributed by atoms with van der Waals surface area (Å²) in [6.07, 6.45) is 2.10. The van der Waals surface area contributed by atoms with E-state index in [-0.39, 0.29) is 24.9 Å². The van der Waals surface area contributed by atoms with Crippen molar-refractivity contribution in [2.24, 2.45) is 0 Å². The molecular formula is C28H29NO5. The van der Waals surface area contributed by atoms with Crippen molar-refractivity contribution in [1.82, 2.24) is 5.32 Å². The summed E-state index contributed by atoms with van der Waals surface area (Å²) in [7, 11) is 0. The maximum absolute atomic E-state index is 12.9. The van der Waals surface area contributed by atoms with Crippen molar-refractivity contribution in [3.05, 3.63) is 89.0 Å². The van der Waals surface area contributed by atoms with Gasteiger partial charge in [0.15, 0.2) is 5.78 Å². The standard InChI is InChI=1S/C28H29NO5/c1-19-2-3-23(28(32)29-24-10-11-24)18-26(19)20-4-6-21(7-5-20)27(31)22-8-12-25(13-9-22)34-17-16-33-15-14-30/h2-9,12-13,18,24,30H,10-11,14-17H2,1H3,(H,29,32). The van der Waals surface area contributed by atoms with Crippen LogP contribution in [0.4, 0.5) is 0 Å². The molecule has 34 heavy (non-hydrogen) atoms. The van der Waals surface area contributed by atoms with Crippen LogP contribution in [0.25, 0.3) is 11.1 Å². The van der Waals surface area contributed by atoms with Crippen LogP contribution in [0.3, 0.4) is 0 Å². The molecule has 4 rings (SSSR count). The average molecular weight is 460 g/mol. The SMILES string of the molecule is Cc1ccc(C(=O)NC2CC2)cc1-c1ccc(C(=O)c2ccc(OCCOCCO)cc2)cc1. The van der Waals surface area contributed by atoms with Crippen molar-refractivity contribution in [3.63, 3.8) is 0 Å². The maximum atomic E-state index is 12.9. The van der Waals surface area contributed by atoms with Crippen molar-refractivity contribution in [1.29, 1.82) is 0 Å². The van der Waals surface area contributed by atoms with Gasteiger partial charge in [0.25, 0.3) is 5.91 Å². The number of amides is 1. The third-order valence-electron chi connectivity index (χ3n) is 5.72. The second-order valence-corrected chi connectivity index (χ2v) is 8.39. The summed E-state index contributed by atoms with van der Waals surface area (Å²) in [5, 5.41) is 11.7. The molecule has 0 saturated heterocycles. The fraction of sp³-hybridized carbons (Fsp3) is 0.286. The molecule has 0 aliphatic heterocycles. The fourth-order valence-electron chi connectivity index (χ4n) is 3.63. The summed E-state index contributed by atoms with van der Waals surface area (Å²) in [6.45, 7) is 3.05. The van der Waals surface area contributed by atoms with E-state index in [4.69, 9.17) is 14.6 Å². The summed E-state index contributed by atoms with van der Waals surface area (Å²) >= 11 is 0. The normalized spacial score (nSPS) is 12.9. The molecule has 1 amide bonds. The van der Waals surface area contributed by atoms with Crippen LogP contribution in [0.15, 0.2) is 66.7 Å². The van der Waals surface area contributed by atoms with Gasteiger partial charge in [-0.05, 0) is 72.9 Å². The van der Waals surface area contributed by atoms with E-state index in [2.05, 4.69) is 5.32 Å². The minimum absolute atomic E-state index is 0.0126. The van der Waals surface area contributed by atoms with Crippen molar-refractivity contribution in [2.45, 2.75) is 25.8 Å². The molecule has 1 aliphatic carbocycles. The van der Waals surface area contributed by atoms with Crippen LogP contribution in [-0.2, 0) is 4.74 Å². The highest BCUT2D eigenvalue weighted by atomic mass is 16.5. The Morgan fingerprint density at radius 2 is 1.53 bits per heavy atom. The van der Waals surface area contributed by atoms with E-state index < -0.39 is 0 Å². The second-order valence-electron chi connectivity index (χ2n) is 8.39. The largest absolute Gasteiger partial charge is 0.491 e. The zero-order valence-corrected chi connectivity index (χ0v) is 19.3. The van der Waals surface area contributed by atoms with Gasteiger partial charge in [-0.2, -0.15) is 0 Å². The highest BCUT2D eigenvalue weighted by molar-refractivity contribution is 6.09. The van der Waals surface area contributed by atoms with Gasteiger partial charge >= 0.3 is 0 Å². The van der Waals surface area contributed by atoms with E-state index in [9.17, 15) is 9.59 Å². The van der Waals surface area contributed by atoms with Crippen LogP contribution in [0.1, 0.15) is 44.7 Å². The molecule has 0 aromatic heterocycles. The molecule has 0 atom stereocenters. The van der Waals surface area contributed by atoms with Crippen LogP contribution in [0, 0.1) is 6.92 Å². The molecule has 1 saturated carbocycles. The molecule has 0 heterocycles. The number of aryl methyl sites for hydroxylation is 1.